The standard InChI is InChI=1S/C18H21FN2O4/c1-9-17(25-10(2)20-9)18(23)21-16(11-6-13(22)7-11)14-8-12(19)4-5-15(14)24-3/h4-5,8,11,13,16,22H,6-7H2,1-3H3,(H,21,23)/t11?,13?,16-/m1/s1. The summed E-state index contributed by atoms with van der Waals surface area (Å²) in [6.07, 6.45) is 0.649. The number of amides is 1. The Morgan fingerprint density at radius 3 is 2.72 bits per heavy atom. The average molecular weight is 348 g/mol. The minimum atomic E-state index is -0.494. The first kappa shape index (κ1) is 17.4. The Balaban J connectivity index is 1.92. The summed E-state index contributed by atoms with van der Waals surface area (Å²) in [5.74, 6) is 0.175. The van der Waals surface area contributed by atoms with E-state index >= 15 is 0 Å². The molecule has 7 heteroatoms. The van der Waals surface area contributed by atoms with Crippen molar-refractivity contribution >= 4 is 5.91 Å². The zero-order valence-electron chi connectivity index (χ0n) is 14.4. The molecule has 0 spiro atoms. The van der Waals surface area contributed by atoms with Crippen LogP contribution in [0.5, 0.6) is 5.75 Å². The van der Waals surface area contributed by atoms with Crippen LogP contribution in [0, 0.1) is 25.6 Å². The van der Waals surface area contributed by atoms with Crippen molar-refractivity contribution in [1.82, 2.24) is 10.3 Å². The van der Waals surface area contributed by atoms with Gasteiger partial charge in [-0.25, -0.2) is 9.37 Å². The lowest BCUT2D eigenvalue weighted by Crippen LogP contribution is -2.41. The van der Waals surface area contributed by atoms with Gasteiger partial charge in [0.05, 0.1) is 24.9 Å². The quantitative estimate of drug-likeness (QED) is 0.868. The normalized spacial score (nSPS) is 20.7. The third-order valence-electron chi connectivity index (χ3n) is 4.54. The first-order valence-electron chi connectivity index (χ1n) is 8.15. The van der Waals surface area contributed by atoms with Gasteiger partial charge in [-0.3, -0.25) is 4.79 Å². The fourth-order valence-corrected chi connectivity index (χ4v) is 3.25. The van der Waals surface area contributed by atoms with Gasteiger partial charge >= 0.3 is 0 Å². The number of methoxy groups -OCH3 is 1. The molecule has 0 aliphatic heterocycles. The predicted octanol–water partition coefficient (Wildman–Crippen LogP) is 2.68. The van der Waals surface area contributed by atoms with Gasteiger partial charge in [-0.15, -0.1) is 0 Å². The van der Waals surface area contributed by atoms with Gasteiger partial charge in [-0.1, -0.05) is 0 Å². The van der Waals surface area contributed by atoms with Crippen LogP contribution < -0.4 is 10.1 Å². The third-order valence-corrected chi connectivity index (χ3v) is 4.54. The predicted molar refractivity (Wildman–Crippen MR) is 87.9 cm³/mol. The van der Waals surface area contributed by atoms with Gasteiger partial charge in [0.15, 0.2) is 5.89 Å². The Kier molecular flexibility index (Phi) is 4.76. The summed E-state index contributed by atoms with van der Waals surface area (Å²) < 4.78 is 24.5. The van der Waals surface area contributed by atoms with Gasteiger partial charge < -0.3 is 19.6 Å². The second-order valence-corrected chi connectivity index (χ2v) is 6.37. The fraction of sp³-hybridized carbons (Fsp3) is 0.444. The number of carbonyl (C=O) groups is 1. The number of rotatable bonds is 5. The second-order valence-electron chi connectivity index (χ2n) is 6.37. The highest BCUT2D eigenvalue weighted by Crippen LogP contribution is 2.41. The van der Waals surface area contributed by atoms with Crippen molar-refractivity contribution in [3.8, 4) is 5.75 Å². The summed E-state index contributed by atoms with van der Waals surface area (Å²) in [7, 11) is 1.50. The number of aliphatic hydroxyl groups excluding tert-OH is 1. The van der Waals surface area contributed by atoms with E-state index < -0.39 is 23.9 Å². The van der Waals surface area contributed by atoms with Crippen LogP contribution in [0.3, 0.4) is 0 Å². The fourth-order valence-electron chi connectivity index (χ4n) is 3.25. The molecule has 0 radical (unpaired) electrons. The van der Waals surface area contributed by atoms with Crippen molar-refractivity contribution in [1.29, 1.82) is 0 Å². The summed E-state index contributed by atoms with van der Waals surface area (Å²) in [4.78, 5) is 16.7. The van der Waals surface area contributed by atoms with E-state index in [-0.39, 0.29) is 11.7 Å². The number of hydrogen-bond donors (Lipinski definition) is 2. The molecule has 1 aromatic heterocycles. The van der Waals surface area contributed by atoms with Crippen LogP contribution >= 0.6 is 0 Å². The van der Waals surface area contributed by atoms with E-state index in [1.165, 1.54) is 25.3 Å². The average Bonchev–Trinajstić information content (AvgIpc) is 2.88. The minimum absolute atomic E-state index is 0.0148. The number of oxazole rings is 1. The van der Waals surface area contributed by atoms with Gasteiger partial charge in [0.2, 0.25) is 5.76 Å². The number of aliphatic hydroxyl groups is 1. The smallest absolute Gasteiger partial charge is 0.289 e. The number of hydrogen-bond acceptors (Lipinski definition) is 5. The molecular weight excluding hydrogens is 327 g/mol. The van der Waals surface area contributed by atoms with E-state index in [2.05, 4.69) is 10.3 Å². The number of aromatic nitrogens is 1. The molecule has 134 valence electrons. The number of carbonyl (C=O) groups excluding carboxylic acids is 1. The number of ether oxygens (including phenoxy) is 1. The lowest BCUT2D eigenvalue weighted by molar-refractivity contribution is 0.0228. The highest BCUT2D eigenvalue weighted by Gasteiger charge is 2.37. The summed E-state index contributed by atoms with van der Waals surface area (Å²) in [5.41, 5.74) is 1.04. The molecule has 0 unspecified atom stereocenters. The summed E-state index contributed by atoms with van der Waals surface area (Å²) in [6, 6.07) is 3.70. The van der Waals surface area contributed by atoms with Crippen LogP contribution in [-0.2, 0) is 0 Å². The van der Waals surface area contributed by atoms with Crippen molar-refractivity contribution in [3.05, 3.63) is 46.9 Å². The van der Waals surface area contributed by atoms with Crippen LogP contribution in [0.2, 0.25) is 0 Å². The molecule has 2 N–H and O–H groups in total. The Morgan fingerprint density at radius 2 is 2.16 bits per heavy atom. The number of nitrogens with zero attached hydrogens (tertiary/aromatic N) is 1. The Labute approximate surface area is 145 Å². The summed E-state index contributed by atoms with van der Waals surface area (Å²) >= 11 is 0. The maximum atomic E-state index is 13.8. The van der Waals surface area contributed by atoms with Crippen molar-refractivity contribution in [2.45, 2.75) is 38.8 Å². The van der Waals surface area contributed by atoms with Crippen molar-refractivity contribution in [3.63, 3.8) is 0 Å². The van der Waals surface area contributed by atoms with E-state index in [4.69, 9.17) is 9.15 Å². The minimum Gasteiger partial charge on any atom is -0.496 e. The summed E-state index contributed by atoms with van der Waals surface area (Å²) in [5, 5.41) is 12.5. The number of benzene rings is 1. The van der Waals surface area contributed by atoms with E-state index in [1.807, 2.05) is 0 Å². The van der Waals surface area contributed by atoms with Crippen LogP contribution in [0.25, 0.3) is 0 Å². The number of nitrogens with one attached hydrogen (secondary N) is 1. The Morgan fingerprint density at radius 1 is 1.44 bits per heavy atom. The molecule has 1 amide bonds. The molecule has 0 bridgehead atoms. The van der Waals surface area contributed by atoms with Gasteiger partial charge in [-0.2, -0.15) is 0 Å². The molecule has 1 aromatic carbocycles. The molecule has 1 atom stereocenters. The molecule has 1 aliphatic rings. The van der Waals surface area contributed by atoms with E-state index in [0.29, 0.717) is 35.7 Å². The lowest BCUT2D eigenvalue weighted by Gasteiger charge is -2.38. The van der Waals surface area contributed by atoms with Crippen molar-refractivity contribution < 1.29 is 23.4 Å². The largest absolute Gasteiger partial charge is 0.496 e. The zero-order valence-corrected chi connectivity index (χ0v) is 14.4. The SMILES string of the molecule is COc1ccc(F)cc1[C@H](NC(=O)c1oc(C)nc1C)C1CC(O)C1. The molecule has 1 heterocycles. The molecule has 25 heavy (non-hydrogen) atoms. The topological polar surface area (TPSA) is 84.6 Å². The monoisotopic (exact) mass is 348 g/mol. The van der Waals surface area contributed by atoms with Crippen LogP contribution in [0.4, 0.5) is 4.39 Å². The molecule has 1 fully saturated rings. The second kappa shape index (κ2) is 6.84. The van der Waals surface area contributed by atoms with E-state index in [1.54, 1.807) is 13.8 Å². The van der Waals surface area contributed by atoms with E-state index in [0.717, 1.165) is 0 Å². The maximum Gasteiger partial charge on any atom is 0.289 e. The Bertz CT molecular complexity index is 783. The molecule has 0 saturated heterocycles. The number of halogens is 1. The molecule has 3 rings (SSSR count). The van der Waals surface area contributed by atoms with Gasteiger partial charge in [0, 0.05) is 12.5 Å². The van der Waals surface area contributed by atoms with Gasteiger partial charge in [-0.05, 0) is 43.9 Å². The van der Waals surface area contributed by atoms with Gasteiger partial charge in [0.25, 0.3) is 5.91 Å². The molecule has 1 aliphatic carbocycles. The summed E-state index contributed by atoms with van der Waals surface area (Å²) in [6.45, 7) is 3.36. The lowest BCUT2D eigenvalue weighted by atomic mass is 9.74. The molecule has 2 aromatic rings. The molecule has 1 saturated carbocycles. The Hall–Kier alpha value is -2.41. The van der Waals surface area contributed by atoms with Crippen molar-refractivity contribution in [2.24, 2.45) is 5.92 Å². The molecular formula is C18H21FN2O4. The van der Waals surface area contributed by atoms with Crippen LogP contribution in [0.15, 0.2) is 22.6 Å². The molecule has 6 nitrogen and oxygen atoms in total. The zero-order chi connectivity index (χ0) is 18.1. The van der Waals surface area contributed by atoms with E-state index in [9.17, 15) is 14.3 Å². The maximum absolute atomic E-state index is 13.8. The highest BCUT2D eigenvalue weighted by atomic mass is 19.1. The third kappa shape index (κ3) is 3.51. The van der Waals surface area contributed by atoms with Crippen molar-refractivity contribution in [2.75, 3.05) is 7.11 Å². The first-order valence-corrected chi connectivity index (χ1v) is 8.15. The highest BCUT2D eigenvalue weighted by molar-refractivity contribution is 5.92. The first-order chi connectivity index (χ1) is 11.9. The van der Waals surface area contributed by atoms with Gasteiger partial charge in [0.1, 0.15) is 11.6 Å². The van der Waals surface area contributed by atoms with Crippen LogP contribution in [-0.4, -0.2) is 29.2 Å². The number of aryl methyl sites for hydroxylation is 2. The van der Waals surface area contributed by atoms with Crippen LogP contribution in [0.1, 0.15) is 46.6 Å².